The van der Waals surface area contributed by atoms with E-state index in [2.05, 4.69) is 24.3 Å². The summed E-state index contributed by atoms with van der Waals surface area (Å²) < 4.78 is 17.5. The lowest BCUT2D eigenvalue weighted by atomic mass is 9.77. The smallest absolute Gasteiger partial charge is 0.119 e. The number of halogens is 1. The van der Waals surface area contributed by atoms with E-state index >= 15 is 0 Å². The predicted molar refractivity (Wildman–Crippen MR) is 77.2 cm³/mol. The Morgan fingerprint density at radius 1 is 1.16 bits per heavy atom. The normalized spacial score (nSPS) is 23.7. The van der Waals surface area contributed by atoms with Crippen LogP contribution in [0.15, 0.2) is 36.7 Å². The Bertz CT molecular complexity index is 388. The number of hydrogen-bond acceptors (Lipinski definition) is 1. The highest BCUT2D eigenvalue weighted by Crippen LogP contribution is 2.37. The third-order valence-electron chi connectivity index (χ3n) is 4.07. The lowest BCUT2D eigenvalue weighted by molar-refractivity contribution is 0.326. The van der Waals surface area contributed by atoms with E-state index in [1.807, 2.05) is 6.92 Å². The molecule has 1 fully saturated rings. The SMILES string of the molecule is CCOc1ccc(C2CCC(C/C=C/F)CC2)cc1. The van der Waals surface area contributed by atoms with Crippen molar-refractivity contribution >= 4 is 0 Å². The number of ether oxygens (including phenoxy) is 1. The number of hydrogen-bond donors (Lipinski definition) is 0. The average molecular weight is 262 g/mol. The van der Waals surface area contributed by atoms with Crippen LogP contribution in [0.25, 0.3) is 0 Å². The second-order valence-corrected chi connectivity index (χ2v) is 5.32. The van der Waals surface area contributed by atoms with E-state index in [0.717, 1.165) is 12.2 Å². The molecule has 0 atom stereocenters. The molecule has 19 heavy (non-hydrogen) atoms. The summed E-state index contributed by atoms with van der Waals surface area (Å²) in [7, 11) is 0. The number of allylic oxidation sites excluding steroid dienone is 1. The molecule has 104 valence electrons. The van der Waals surface area contributed by atoms with Crippen LogP contribution in [0.5, 0.6) is 5.75 Å². The molecule has 1 aliphatic carbocycles. The van der Waals surface area contributed by atoms with Gasteiger partial charge in [0.05, 0.1) is 12.9 Å². The van der Waals surface area contributed by atoms with E-state index in [0.29, 0.717) is 24.8 Å². The minimum Gasteiger partial charge on any atom is -0.494 e. The summed E-state index contributed by atoms with van der Waals surface area (Å²) >= 11 is 0. The quantitative estimate of drug-likeness (QED) is 0.705. The third-order valence-corrected chi connectivity index (χ3v) is 4.07. The Morgan fingerprint density at radius 3 is 2.42 bits per heavy atom. The van der Waals surface area contributed by atoms with E-state index in [4.69, 9.17) is 4.74 Å². The summed E-state index contributed by atoms with van der Waals surface area (Å²) in [6, 6.07) is 8.52. The van der Waals surface area contributed by atoms with Crippen LogP contribution >= 0.6 is 0 Å². The third kappa shape index (κ3) is 4.09. The van der Waals surface area contributed by atoms with Gasteiger partial charge in [-0.1, -0.05) is 18.2 Å². The first-order valence-electron chi connectivity index (χ1n) is 7.31. The molecule has 2 heteroatoms. The summed E-state index contributed by atoms with van der Waals surface area (Å²) in [6.45, 7) is 2.72. The Morgan fingerprint density at radius 2 is 1.84 bits per heavy atom. The van der Waals surface area contributed by atoms with Gasteiger partial charge < -0.3 is 4.74 Å². The predicted octanol–water partition coefficient (Wildman–Crippen LogP) is 5.23. The Balaban J connectivity index is 1.86. The minimum atomic E-state index is 0.668. The summed E-state index contributed by atoms with van der Waals surface area (Å²) in [5.41, 5.74) is 1.42. The molecule has 1 saturated carbocycles. The van der Waals surface area contributed by atoms with Crippen molar-refractivity contribution in [1.82, 2.24) is 0 Å². The van der Waals surface area contributed by atoms with Crippen molar-refractivity contribution < 1.29 is 9.13 Å². The highest BCUT2D eigenvalue weighted by atomic mass is 19.1. The first-order valence-corrected chi connectivity index (χ1v) is 7.31. The molecule has 1 aliphatic rings. The molecule has 0 unspecified atom stereocenters. The molecule has 0 heterocycles. The van der Waals surface area contributed by atoms with Gasteiger partial charge >= 0.3 is 0 Å². The second kappa shape index (κ2) is 7.32. The van der Waals surface area contributed by atoms with E-state index in [-0.39, 0.29) is 0 Å². The highest BCUT2D eigenvalue weighted by molar-refractivity contribution is 5.29. The maximum atomic E-state index is 12.0. The van der Waals surface area contributed by atoms with Crippen molar-refractivity contribution in [2.45, 2.75) is 44.9 Å². The van der Waals surface area contributed by atoms with Gasteiger partial charge in [-0.3, -0.25) is 0 Å². The molecule has 0 aromatic heterocycles. The Labute approximate surface area is 115 Å². The van der Waals surface area contributed by atoms with Gasteiger partial charge in [-0.15, -0.1) is 0 Å². The van der Waals surface area contributed by atoms with Crippen LogP contribution < -0.4 is 4.74 Å². The van der Waals surface area contributed by atoms with Gasteiger partial charge in [0.15, 0.2) is 0 Å². The first kappa shape index (κ1) is 14.1. The monoisotopic (exact) mass is 262 g/mol. The summed E-state index contributed by atoms with van der Waals surface area (Å²) in [4.78, 5) is 0. The zero-order chi connectivity index (χ0) is 13.5. The van der Waals surface area contributed by atoms with E-state index in [1.54, 1.807) is 6.08 Å². The van der Waals surface area contributed by atoms with E-state index in [9.17, 15) is 4.39 Å². The van der Waals surface area contributed by atoms with Crippen molar-refractivity contribution in [2.24, 2.45) is 5.92 Å². The molecule has 0 amide bonds. The first-order chi connectivity index (χ1) is 9.33. The molecule has 2 rings (SSSR count). The molecule has 0 saturated heterocycles. The summed E-state index contributed by atoms with van der Waals surface area (Å²) in [5, 5.41) is 0. The molecule has 0 aliphatic heterocycles. The molecule has 0 bridgehead atoms. The maximum absolute atomic E-state index is 12.0. The van der Waals surface area contributed by atoms with E-state index in [1.165, 1.54) is 31.2 Å². The highest BCUT2D eigenvalue weighted by Gasteiger charge is 2.21. The molecule has 0 radical (unpaired) electrons. The molecular formula is C17H23FO. The van der Waals surface area contributed by atoms with Gasteiger partial charge in [0.2, 0.25) is 0 Å². The largest absolute Gasteiger partial charge is 0.494 e. The standard InChI is InChI=1S/C17H23FO/c1-2-19-17-11-9-16(10-12-17)15-7-5-14(6-8-15)4-3-13-18/h3,9-15H,2,4-8H2,1H3/b13-3+. The van der Waals surface area contributed by atoms with Gasteiger partial charge in [-0.25, -0.2) is 4.39 Å². The lowest BCUT2D eigenvalue weighted by Gasteiger charge is -2.28. The molecule has 1 nitrogen and oxygen atoms in total. The zero-order valence-corrected chi connectivity index (χ0v) is 11.6. The lowest BCUT2D eigenvalue weighted by Crippen LogP contribution is -2.12. The van der Waals surface area contributed by atoms with Crippen molar-refractivity contribution in [1.29, 1.82) is 0 Å². The molecule has 0 spiro atoms. The van der Waals surface area contributed by atoms with Crippen molar-refractivity contribution in [3.05, 3.63) is 42.2 Å². The van der Waals surface area contributed by atoms with Gasteiger partial charge in [0.25, 0.3) is 0 Å². The average Bonchev–Trinajstić information content (AvgIpc) is 2.47. The van der Waals surface area contributed by atoms with Crippen LogP contribution in [0, 0.1) is 5.92 Å². The fraction of sp³-hybridized carbons (Fsp3) is 0.529. The van der Waals surface area contributed by atoms with Crippen molar-refractivity contribution in [3.63, 3.8) is 0 Å². The topological polar surface area (TPSA) is 9.23 Å². The maximum Gasteiger partial charge on any atom is 0.119 e. The fourth-order valence-corrected chi connectivity index (χ4v) is 2.98. The van der Waals surface area contributed by atoms with Gasteiger partial charge in [-0.2, -0.15) is 0 Å². The summed E-state index contributed by atoms with van der Waals surface area (Å²) in [5.74, 6) is 2.29. The van der Waals surface area contributed by atoms with Gasteiger partial charge in [-0.05, 0) is 68.6 Å². The molecule has 1 aromatic carbocycles. The Hall–Kier alpha value is -1.31. The molecule has 0 N–H and O–H groups in total. The van der Waals surface area contributed by atoms with Crippen molar-refractivity contribution in [3.8, 4) is 5.75 Å². The van der Waals surface area contributed by atoms with Crippen LogP contribution in [0.1, 0.15) is 50.5 Å². The van der Waals surface area contributed by atoms with Crippen LogP contribution in [-0.2, 0) is 0 Å². The fourth-order valence-electron chi connectivity index (χ4n) is 2.98. The molecule has 1 aromatic rings. The van der Waals surface area contributed by atoms with E-state index < -0.39 is 0 Å². The molecular weight excluding hydrogens is 239 g/mol. The van der Waals surface area contributed by atoms with Crippen LogP contribution in [0.3, 0.4) is 0 Å². The van der Waals surface area contributed by atoms with Crippen LogP contribution in [0.2, 0.25) is 0 Å². The van der Waals surface area contributed by atoms with Crippen LogP contribution in [0.4, 0.5) is 4.39 Å². The second-order valence-electron chi connectivity index (χ2n) is 5.32. The number of rotatable bonds is 5. The number of benzene rings is 1. The zero-order valence-electron chi connectivity index (χ0n) is 11.6. The van der Waals surface area contributed by atoms with Gasteiger partial charge in [0.1, 0.15) is 5.75 Å². The van der Waals surface area contributed by atoms with Crippen molar-refractivity contribution in [2.75, 3.05) is 6.61 Å². The minimum absolute atomic E-state index is 0.668. The van der Waals surface area contributed by atoms with Gasteiger partial charge in [0, 0.05) is 0 Å². The summed E-state index contributed by atoms with van der Waals surface area (Å²) in [6.07, 6.45) is 8.09. The van der Waals surface area contributed by atoms with Crippen LogP contribution in [-0.4, -0.2) is 6.61 Å². The Kier molecular flexibility index (Phi) is 5.44.